The number of benzene rings is 1. The predicted molar refractivity (Wildman–Crippen MR) is 97.9 cm³/mol. The molecule has 9 heteroatoms. The molecule has 3 aromatic rings. The van der Waals surface area contributed by atoms with Gasteiger partial charge in [-0.3, -0.25) is 14.2 Å². The molecular weight excluding hydrogens is 380 g/mol. The molecule has 0 fully saturated rings. The Hall–Kier alpha value is -2.38. The van der Waals surface area contributed by atoms with E-state index in [2.05, 4.69) is 15.5 Å². The molecule has 0 aliphatic rings. The van der Waals surface area contributed by atoms with Crippen molar-refractivity contribution in [2.45, 2.75) is 25.9 Å². The highest BCUT2D eigenvalue weighted by atomic mass is 35.5. The molecule has 2 heterocycles. The molecule has 1 aromatic carbocycles. The minimum atomic E-state index is -0.989. The minimum Gasteiger partial charge on any atom is -0.306 e. The van der Waals surface area contributed by atoms with Crippen LogP contribution in [0.15, 0.2) is 42.9 Å². The van der Waals surface area contributed by atoms with Gasteiger partial charge in [-0.25, -0.2) is 4.39 Å². The molecule has 0 aliphatic carbocycles. The first kappa shape index (κ1) is 18.4. The third-order valence-corrected chi connectivity index (χ3v) is 4.36. The third-order valence-electron chi connectivity index (χ3n) is 3.89. The van der Waals surface area contributed by atoms with Crippen molar-refractivity contribution in [3.05, 3.63) is 64.3 Å². The summed E-state index contributed by atoms with van der Waals surface area (Å²) in [6.07, 6.45) is 4.62. The second-order valence-corrected chi connectivity index (χ2v) is 7.11. The van der Waals surface area contributed by atoms with E-state index < -0.39 is 5.54 Å². The van der Waals surface area contributed by atoms with Gasteiger partial charge in [0.2, 0.25) is 0 Å². The monoisotopic (exact) mass is 395 g/mol. The Morgan fingerprint density at radius 1 is 1.23 bits per heavy atom. The third kappa shape index (κ3) is 3.89. The van der Waals surface area contributed by atoms with Crippen LogP contribution < -0.4 is 5.32 Å². The molecule has 0 saturated heterocycles. The van der Waals surface area contributed by atoms with Crippen molar-refractivity contribution in [2.75, 3.05) is 5.32 Å². The van der Waals surface area contributed by atoms with E-state index in [1.54, 1.807) is 43.1 Å². The number of carbonyl (C=O) groups excluding carboxylic acids is 1. The van der Waals surface area contributed by atoms with Gasteiger partial charge in [-0.1, -0.05) is 35.3 Å². The van der Waals surface area contributed by atoms with E-state index in [-0.39, 0.29) is 17.5 Å². The van der Waals surface area contributed by atoms with E-state index in [9.17, 15) is 9.18 Å². The summed E-state index contributed by atoms with van der Waals surface area (Å²) < 4.78 is 16.0. The van der Waals surface area contributed by atoms with Crippen LogP contribution >= 0.6 is 23.2 Å². The van der Waals surface area contributed by atoms with Gasteiger partial charge < -0.3 is 5.32 Å². The van der Waals surface area contributed by atoms with Gasteiger partial charge in [0.25, 0.3) is 5.91 Å². The van der Waals surface area contributed by atoms with Crippen LogP contribution in [0.1, 0.15) is 19.4 Å². The van der Waals surface area contributed by atoms with Crippen LogP contribution in [-0.2, 0) is 16.9 Å². The first-order valence-electron chi connectivity index (χ1n) is 7.75. The lowest BCUT2D eigenvalue weighted by Crippen LogP contribution is -2.40. The van der Waals surface area contributed by atoms with Crippen LogP contribution in [0.5, 0.6) is 0 Å². The lowest BCUT2D eigenvalue weighted by Gasteiger charge is -2.23. The summed E-state index contributed by atoms with van der Waals surface area (Å²) in [6, 6.07) is 6.07. The number of hydrogen-bond acceptors (Lipinski definition) is 3. The van der Waals surface area contributed by atoms with Gasteiger partial charge in [0.15, 0.2) is 5.82 Å². The smallest absolute Gasteiger partial charge is 0.253 e. The topological polar surface area (TPSA) is 64.7 Å². The first-order chi connectivity index (χ1) is 12.3. The Balaban J connectivity index is 1.74. The number of hydrogen-bond donors (Lipinski definition) is 1. The van der Waals surface area contributed by atoms with Gasteiger partial charge in [0.05, 0.1) is 17.8 Å². The summed E-state index contributed by atoms with van der Waals surface area (Å²) in [5.74, 6) is -0.405. The molecule has 0 saturated carbocycles. The molecular formula is C17H16Cl2FN5O. The van der Waals surface area contributed by atoms with Crippen LogP contribution in [0.2, 0.25) is 10.0 Å². The van der Waals surface area contributed by atoms with Crippen LogP contribution in [0.4, 0.5) is 10.2 Å². The zero-order valence-electron chi connectivity index (χ0n) is 14.1. The van der Waals surface area contributed by atoms with E-state index in [4.69, 9.17) is 23.2 Å². The Labute approximate surface area is 159 Å². The van der Waals surface area contributed by atoms with Gasteiger partial charge in [-0.2, -0.15) is 10.2 Å². The Bertz CT molecular complexity index is 933. The zero-order valence-corrected chi connectivity index (χ0v) is 15.6. The Morgan fingerprint density at radius 2 is 1.92 bits per heavy atom. The van der Waals surface area contributed by atoms with Crippen molar-refractivity contribution in [2.24, 2.45) is 0 Å². The summed E-state index contributed by atoms with van der Waals surface area (Å²) in [7, 11) is 0. The standard InChI is InChI=1S/C17H16Cl2FN5O/c1-17(2,25-9-12(18)7-21-25)16(26)22-15-14(19)10-24(23-15)8-11-3-5-13(20)6-4-11/h3-7,9-10H,8H2,1-2H3,(H,22,23,26). The van der Waals surface area contributed by atoms with Crippen LogP contribution in [0.25, 0.3) is 0 Å². The highest BCUT2D eigenvalue weighted by Crippen LogP contribution is 2.24. The highest BCUT2D eigenvalue weighted by molar-refractivity contribution is 6.33. The molecule has 0 unspecified atom stereocenters. The van der Waals surface area contributed by atoms with Gasteiger partial charge in [-0.15, -0.1) is 0 Å². The quantitative estimate of drug-likeness (QED) is 0.711. The number of amides is 1. The number of halogens is 3. The molecule has 0 spiro atoms. The summed E-state index contributed by atoms with van der Waals surface area (Å²) in [5.41, 5.74) is -0.132. The van der Waals surface area contributed by atoms with Crippen molar-refractivity contribution >= 4 is 34.9 Å². The van der Waals surface area contributed by atoms with Crippen molar-refractivity contribution in [1.29, 1.82) is 0 Å². The van der Waals surface area contributed by atoms with Gasteiger partial charge in [0, 0.05) is 12.4 Å². The number of aromatic nitrogens is 4. The number of anilines is 1. The van der Waals surface area contributed by atoms with Crippen LogP contribution in [0, 0.1) is 5.82 Å². The number of carbonyl (C=O) groups is 1. The second-order valence-electron chi connectivity index (χ2n) is 6.27. The zero-order chi connectivity index (χ0) is 18.9. The van der Waals surface area contributed by atoms with Crippen molar-refractivity contribution in [3.8, 4) is 0 Å². The maximum absolute atomic E-state index is 13.0. The molecule has 1 amide bonds. The largest absolute Gasteiger partial charge is 0.306 e. The maximum atomic E-state index is 13.0. The summed E-state index contributed by atoms with van der Waals surface area (Å²) >= 11 is 12.1. The van der Waals surface area contributed by atoms with Gasteiger partial charge >= 0.3 is 0 Å². The fraction of sp³-hybridized carbons (Fsp3) is 0.235. The molecule has 26 heavy (non-hydrogen) atoms. The predicted octanol–water partition coefficient (Wildman–Crippen LogP) is 3.95. The lowest BCUT2D eigenvalue weighted by molar-refractivity contribution is -0.123. The number of nitrogens with one attached hydrogen (secondary N) is 1. The Morgan fingerprint density at radius 3 is 2.54 bits per heavy atom. The summed E-state index contributed by atoms with van der Waals surface area (Å²) in [4.78, 5) is 12.6. The molecule has 6 nitrogen and oxygen atoms in total. The molecule has 2 aromatic heterocycles. The van der Waals surface area contributed by atoms with Crippen molar-refractivity contribution in [3.63, 3.8) is 0 Å². The maximum Gasteiger partial charge on any atom is 0.253 e. The van der Waals surface area contributed by atoms with E-state index in [0.717, 1.165) is 5.56 Å². The SMILES string of the molecule is CC(C)(C(=O)Nc1nn(Cc2ccc(F)cc2)cc1Cl)n1cc(Cl)cn1. The number of rotatable bonds is 5. The van der Waals surface area contributed by atoms with E-state index in [0.29, 0.717) is 16.6 Å². The summed E-state index contributed by atoms with van der Waals surface area (Å²) in [6.45, 7) is 3.80. The van der Waals surface area contributed by atoms with Crippen LogP contribution in [-0.4, -0.2) is 25.5 Å². The second kappa shape index (κ2) is 7.09. The van der Waals surface area contributed by atoms with Gasteiger partial charge in [0.1, 0.15) is 16.4 Å². The number of nitrogens with zero attached hydrogens (tertiary/aromatic N) is 4. The van der Waals surface area contributed by atoms with E-state index in [1.165, 1.54) is 23.0 Å². The molecule has 0 aliphatic heterocycles. The van der Waals surface area contributed by atoms with Crippen molar-refractivity contribution < 1.29 is 9.18 Å². The van der Waals surface area contributed by atoms with E-state index >= 15 is 0 Å². The lowest BCUT2D eigenvalue weighted by atomic mass is 10.1. The average Bonchev–Trinajstić information content (AvgIpc) is 3.16. The molecule has 136 valence electrons. The molecule has 0 bridgehead atoms. The molecule has 0 radical (unpaired) electrons. The molecule has 1 N–H and O–H groups in total. The van der Waals surface area contributed by atoms with Gasteiger partial charge in [-0.05, 0) is 31.5 Å². The van der Waals surface area contributed by atoms with E-state index in [1.807, 2.05) is 0 Å². The Kier molecular flexibility index (Phi) is 5.02. The fourth-order valence-corrected chi connectivity index (χ4v) is 2.64. The normalized spacial score (nSPS) is 11.6. The fourth-order valence-electron chi connectivity index (χ4n) is 2.31. The highest BCUT2D eigenvalue weighted by Gasteiger charge is 2.31. The summed E-state index contributed by atoms with van der Waals surface area (Å²) in [5, 5.41) is 11.8. The first-order valence-corrected chi connectivity index (χ1v) is 8.51. The van der Waals surface area contributed by atoms with Crippen molar-refractivity contribution in [1.82, 2.24) is 19.6 Å². The molecule has 0 atom stereocenters. The molecule has 3 rings (SSSR count). The van der Waals surface area contributed by atoms with Crippen LogP contribution in [0.3, 0.4) is 0 Å². The average molecular weight is 396 g/mol. The minimum absolute atomic E-state index is 0.241.